The normalized spacial score (nSPS) is 12.4. The molecule has 5 aromatic rings. The molecule has 2 amide bonds. The molecule has 0 unspecified atom stereocenters. The van der Waals surface area contributed by atoms with Crippen LogP contribution in [0.15, 0.2) is 140 Å². The van der Waals surface area contributed by atoms with Gasteiger partial charge in [-0.1, -0.05) is 140 Å². The molecule has 0 saturated heterocycles. The van der Waals surface area contributed by atoms with Crippen LogP contribution in [0, 0.1) is 0 Å². The second-order valence-corrected chi connectivity index (χ2v) is 14.9. The zero-order valence-corrected chi connectivity index (χ0v) is 29.5. The van der Waals surface area contributed by atoms with Gasteiger partial charge in [-0.2, -0.15) is 0 Å². The lowest BCUT2D eigenvalue weighted by Crippen LogP contribution is -2.42. The number of unbranched alkanes of at least 4 members (excludes halogenated alkanes) is 1. The summed E-state index contributed by atoms with van der Waals surface area (Å²) >= 11 is 0. The van der Waals surface area contributed by atoms with E-state index in [9.17, 15) is 14.4 Å². The van der Waals surface area contributed by atoms with Gasteiger partial charge in [0.15, 0.2) is 0 Å². The SMILES string of the molecule is O=C(CCP(c1ccccc1)c1ccccc1)NCCCC[C@H](NC(=O)OCC1c2ccccc2-c2ccccc21)C(=O)OCc1ccccc1. The summed E-state index contributed by atoms with van der Waals surface area (Å²) in [5.74, 6) is -0.608. The van der Waals surface area contributed by atoms with Gasteiger partial charge in [0.25, 0.3) is 0 Å². The number of carbonyl (C=O) groups is 3. The fraction of sp³-hybridized carbons (Fsp3) is 0.233. The van der Waals surface area contributed by atoms with Gasteiger partial charge in [-0.15, -0.1) is 0 Å². The summed E-state index contributed by atoms with van der Waals surface area (Å²) in [5, 5.41) is 8.31. The minimum Gasteiger partial charge on any atom is -0.459 e. The summed E-state index contributed by atoms with van der Waals surface area (Å²) in [6.45, 7) is 0.728. The predicted octanol–water partition coefficient (Wildman–Crippen LogP) is 7.45. The molecule has 51 heavy (non-hydrogen) atoms. The Morgan fingerprint density at radius 2 is 1.20 bits per heavy atom. The number of fused-ring (bicyclic) bond motifs is 3. The van der Waals surface area contributed by atoms with Crippen molar-refractivity contribution in [1.29, 1.82) is 0 Å². The Labute approximate surface area is 301 Å². The molecule has 260 valence electrons. The number of benzene rings is 5. The van der Waals surface area contributed by atoms with Crippen molar-refractivity contribution in [3.63, 3.8) is 0 Å². The smallest absolute Gasteiger partial charge is 0.407 e. The number of nitrogens with one attached hydrogen (secondary N) is 2. The summed E-state index contributed by atoms with van der Waals surface area (Å²) < 4.78 is 11.3. The Bertz CT molecular complexity index is 1800. The largest absolute Gasteiger partial charge is 0.459 e. The second kappa shape index (κ2) is 18.1. The van der Waals surface area contributed by atoms with Crippen molar-refractivity contribution in [2.45, 2.75) is 44.2 Å². The zero-order valence-electron chi connectivity index (χ0n) is 28.6. The fourth-order valence-corrected chi connectivity index (χ4v) is 8.79. The lowest BCUT2D eigenvalue weighted by molar-refractivity contribution is -0.147. The van der Waals surface area contributed by atoms with E-state index in [0.717, 1.165) is 34.0 Å². The second-order valence-electron chi connectivity index (χ2n) is 12.5. The van der Waals surface area contributed by atoms with E-state index in [4.69, 9.17) is 9.47 Å². The molecule has 5 aromatic carbocycles. The summed E-state index contributed by atoms with van der Waals surface area (Å²) in [6.07, 6.45) is 2.10. The number of esters is 1. The van der Waals surface area contributed by atoms with Crippen LogP contribution in [0.4, 0.5) is 4.79 Å². The van der Waals surface area contributed by atoms with Crippen LogP contribution in [-0.4, -0.2) is 43.3 Å². The highest BCUT2D eigenvalue weighted by atomic mass is 31.1. The molecule has 1 aliphatic carbocycles. The predicted molar refractivity (Wildman–Crippen MR) is 204 cm³/mol. The lowest BCUT2D eigenvalue weighted by atomic mass is 9.98. The third-order valence-electron chi connectivity index (χ3n) is 9.08. The van der Waals surface area contributed by atoms with Crippen LogP contribution in [0.3, 0.4) is 0 Å². The molecule has 0 aromatic heterocycles. The van der Waals surface area contributed by atoms with Gasteiger partial charge in [-0.3, -0.25) is 4.79 Å². The van der Waals surface area contributed by atoms with E-state index >= 15 is 0 Å². The summed E-state index contributed by atoms with van der Waals surface area (Å²) in [6, 6.07) is 45.6. The molecular weight excluding hydrogens is 655 g/mol. The number of carbonyl (C=O) groups excluding carboxylic acids is 3. The molecule has 0 fully saturated rings. The molecule has 8 heteroatoms. The summed E-state index contributed by atoms with van der Waals surface area (Å²) in [5.41, 5.74) is 5.37. The first-order valence-electron chi connectivity index (χ1n) is 17.5. The van der Waals surface area contributed by atoms with E-state index in [2.05, 4.69) is 59.2 Å². The molecule has 0 aliphatic heterocycles. The maximum atomic E-state index is 13.2. The van der Waals surface area contributed by atoms with Crippen LogP contribution >= 0.6 is 7.92 Å². The molecule has 1 atom stereocenters. The summed E-state index contributed by atoms with van der Waals surface area (Å²) in [7, 11) is -0.647. The number of rotatable bonds is 16. The Hall–Kier alpha value is -5.26. The van der Waals surface area contributed by atoms with Crippen molar-refractivity contribution in [3.8, 4) is 11.1 Å². The van der Waals surface area contributed by atoms with Gasteiger partial charge >= 0.3 is 12.1 Å². The third-order valence-corrected chi connectivity index (χ3v) is 11.6. The maximum absolute atomic E-state index is 13.2. The highest BCUT2D eigenvalue weighted by molar-refractivity contribution is 7.73. The molecule has 7 nitrogen and oxygen atoms in total. The third kappa shape index (κ3) is 9.71. The average molecular weight is 699 g/mol. The number of amides is 2. The van der Waals surface area contributed by atoms with Gasteiger partial charge in [-0.05, 0) is 71.8 Å². The average Bonchev–Trinajstić information content (AvgIpc) is 3.50. The fourth-order valence-electron chi connectivity index (χ4n) is 6.49. The monoisotopic (exact) mass is 698 g/mol. The zero-order chi connectivity index (χ0) is 35.3. The first-order valence-corrected chi connectivity index (χ1v) is 19.1. The van der Waals surface area contributed by atoms with Gasteiger partial charge in [0.1, 0.15) is 19.3 Å². The van der Waals surface area contributed by atoms with Gasteiger partial charge < -0.3 is 20.1 Å². The number of ether oxygens (including phenoxy) is 2. The van der Waals surface area contributed by atoms with Crippen LogP contribution < -0.4 is 21.2 Å². The Balaban J connectivity index is 0.997. The van der Waals surface area contributed by atoms with Crippen LogP contribution in [0.25, 0.3) is 11.1 Å². The van der Waals surface area contributed by atoms with E-state index in [1.54, 1.807) is 0 Å². The Morgan fingerprint density at radius 3 is 1.80 bits per heavy atom. The van der Waals surface area contributed by atoms with E-state index in [0.29, 0.717) is 32.2 Å². The van der Waals surface area contributed by atoms with Crippen molar-refractivity contribution >= 4 is 36.5 Å². The van der Waals surface area contributed by atoms with Crippen LogP contribution in [0.1, 0.15) is 48.3 Å². The number of hydrogen-bond donors (Lipinski definition) is 2. The van der Waals surface area contributed by atoms with Crippen molar-refractivity contribution in [2.24, 2.45) is 0 Å². The van der Waals surface area contributed by atoms with Crippen molar-refractivity contribution in [3.05, 3.63) is 156 Å². The molecular formula is C43H43N2O5P. The standard InChI is InChI=1S/C43H43N2O5P/c46-41(27-29-51(33-18-6-2-7-19-33)34-20-8-3-9-21-34)44-28-15-14-26-40(42(47)49-30-32-16-4-1-5-17-32)45-43(48)50-31-39-37-24-12-10-22-35(37)36-23-11-13-25-38(36)39/h1-13,16-25,39-40H,14-15,26-31H2,(H,44,46)(H,45,48)/t40-/m0/s1. The lowest BCUT2D eigenvalue weighted by Gasteiger charge is -2.19. The minimum atomic E-state index is -0.889. The van der Waals surface area contributed by atoms with E-state index in [1.807, 2.05) is 91.0 Å². The van der Waals surface area contributed by atoms with Gasteiger partial charge in [0.2, 0.25) is 5.91 Å². The molecule has 0 radical (unpaired) electrons. The van der Waals surface area contributed by atoms with E-state index < -0.39 is 26.0 Å². The van der Waals surface area contributed by atoms with Crippen molar-refractivity contribution in [2.75, 3.05) is 19.3 Å². The first-order chi connectivity index (χ1) is 25.1. The number of alkyl carbamates (subject to hydrolysis) is 1. The van der Waals surface area contributed by atoms with Gasteiger partial charge in [0, 0.05) is 18.9 Å². The topological polar surface area (TPSA) is 93.7 Å². The molecule has 0 spiro atoms. The quantitative estimate of drug-likeness (QED) is 0.0635. The van der Waals surface area contributed by atoms with Crippen molar-refractivity contribution < 1.29 is 23.9 Å². The highest BCUT2D eigenvalue weighted by Crippen LogP contribution is 2.44. The van der Waals surface area contributed by atoms with Crippen LogP contribution in [-0.2, 0) is 25.7 Å². The number of hydrogen-bond acceptors (Lipinski definition) is 5. The highest BCUT2D eigenvalue weighted by Gasteiger charge is 2.30. The van der Waals surface area contributed by atoms with E-state index in [1.165, 1.54) is 10.6 Å². The maximum Gasteiger partial charge on any atom is 0.407 e. The van der Waals surface area contributed by atoms with Crippen molar-refractivity contribution in [1.82, 2.24) is 10.6 Å². The minimum absolute atomic E-state index is 0.00458. The van der Waals surface area contributed by atoms with E-state index in [-0.39, 0.29) is 25.0 Å². The first kappa shape index (κ1) is 35.6. The Morgan fingerprint density at radius 1 is 0.647 bits per heavy atom. The molecule has 1 aliphatic rings. The Kier molecular flexibility index (Phi) is 12.6. The molecule has 2 N–H and O–H groups in total. The van der Waals surface area contributed by atoms with Crippen LogP contribution in [0.2, 0.25) is 0 Å². The molecule has 6 rings (SSSR count). The van der Waals surface area contributed by atoms with Gasteiger partial charge in [-0.25, -0.2) is 9.59 Å². The van der Waals surface area contributed by atoms with Gasteiger partial charge in [0.05, 0.1) is 0 Å². The van der Waals surface area contributed by atoms with Crippen LogP contribution in [0.5, 0.6) is 0 Å². The molecule has 0 saturated carbocycles. The molecule has 0 bridgehead atoms. The summed E-state index contributed by atoms with van der Waals surface area (Å²) in [4.78, 5) is 39.2. The molecule has 0 heterocycles.